The van der Waals surface area contributed by atoms with Gasteiger partial charge in [-0.05, 0) is 76.1 Å². The molecule has 0 unspecified atom stereocenters. The van der Waals surface area contributed by atoms with E-state index in [1.54, 1.807) is 0 Å². The first-order valence-corrected chi connectivity index (χ1v) is 15.8. The topological polar surface area (TPSA) is 55.3 Å². The molecule has 0 amide bonds. The fourth-order valence-electron chi connectivity index (χ4n) is 5.99. The molecule has 5 heteroatoms. The fourth-order valence-corrected chi connectivity index (χ4v) is 5.99. The number of nitrogens with zero attached hydrogens (tertiary/aromatic N) is 1. The molecule has 5 rings (SSSR count). The monoisotopic (exact) mass is 586 g/mol. The van der Waals surface area contributed by atoms with Gasteiger partial charge in [0.2, 0.25) is 0 Å². The van der Waals surface area contributed by atoms with Crippen LogP contribution in [0.2, 0.25) is 0 Å². The third kappa shape index (κ3) is 7.24. The molecule has 0 aliphatic rings. The van der Waals surface area contributed by atoms with Gasteiger partial charge in [0.15, 0.2) is 0 Å². The number of benzene rings is 5. The molecule has 0 aliphatic carbocycles. The van der Waals surface area contributed by atoms with Gasteiger partial charge >= 0.3 is 0 Å². The van der Waals surface area contributed by atoms with Crippen LogP contribution in [0.3, 0.4) is 0 Å². The van der Waals surface area contributed by atoms with Crippen LogP contribution in [0.1, 0.15) is 44.4 Å². The molecule has 44 heavy (non-hydrogen) atoms. The third-order valence-corrected chi connectivity index (χ3v) is 9.09. The SMILES string of the molecule is CC[N+](CC)(CC)CC.Cc1ccc(-c2c(-c3ccc(C)cc3)c(-c3ccc(C)cc3)c3ccccc3c2OB([O-])[O-])cc1. The van der Waals surface area contributed by atoms with Crippen molar-refractivity contribution in [2.45, 2.75) is 48.5 Å². The summed E-state index contributed by atoms with van der Waals surface area (Å²) < 4.78 is 6.81. The van der Waals surface area contributed by atoms with E-state index in [2.05, 4.69) is 90.1 Å². The van der Waals surface area contributed by atoms with E-state index >= 15 is 0 Å². The molecular formula is C39H45BNO3-. The highest BCUT2D eigenvalue weighted by atomic mass is 16.6. The van der Waals surface area contributed by atoms with E-state index in [1.165, 1.54) is 36.2 Å². The van der Waals surface area contributed by atoms with Crippen LogP contribution < -0.4 is 14.7 Å². The summed E-state index contributed by atoms with van der Waals surface area (Å²) in [6.07, 6.45) is 0. The number of aryl methyl sites for hydroxylation is 3. The van der Waals surface area contributed by atoms with Gasteiger partial charge in [-0.1, -0.05) is 114 Å². The minimum atomic E-state index is -2.45. The number of hydrogen-bond acceptors (Lipinski definition) is 3. The summed E-state index contributed by atoms with van der Waals surface area (Å²) in [6, 6.07) is 32.7. The Balaban J connectivity index is 0.000000429. The summed E-state index contributed by atoms with van der Waals surface area (Å²) >= 11 is 0. The summed E-state index contributed by atoms with van der Waals surface area (Å²) in [5.41, 5.74) is 9.12. The van der Waals surface area contributed by atoms with E-state index in [-0.39, 0.29) is 0 Å². The number of quaternary nitrogens is 1. The quantitative estimate of drug-likeness (QED) is 0.131. The predicted molar refractivity (Wildman–Crippen MR) is 183 cm³/mol. The number of hydrogen-bond donors (Lipinski definition) is 0. The van der Waals surface area contributed by atoms with Gasteiger partial charge in [0.1, 0.15) is 13.1 Å². The molecule has 0 saturated carbocycles. The Kier molecular flexibility index (Phi) is 11.0. The second kappa shape index (κ2) is 14.7. The summed E-state index contributed by atoms with van der Waals surface area (Å²) in [5, 5.41) is 25.4. The Bertz CT molecular complexity index is 1640. The Morgan fingerprint density at radius 1 is 0.500 bits per heavy atom. The first-order chi connectivity index (χ1) is 21.2. The molecule has 5 aromatic rings. The van der Waals surface area contributed by atoms with Crippen LogP contribution in [-0.4, -0.2) is 38.0 Å². The van der Waals surface area contributed by atoms with Gasteiger partial charge < -0.3 is 19.2 Å². The Labute approximate surface area is 264 Å². The van der Waals surface area contributed by atoms with E-state index in [0.717, 1.165) is 55.3 Å². The van der Waals surface area contributed by atoms with Crippen molar-refractivity contribution in [1.29, 1.82) is 0 Å². The van der Waals surface area contributed by atoms with Gasteiger partial charge in [-0.25, -0.2) is 0 Å². The average Bonchev–Trinajstić information content (AvgIpc) is 3.04. The van der Waals surface area contributed by atoms with Gasteiger partial charge in [-0.3, -0.25) is 0 Å². The average molecular weight is 587 g/mol. The molecule has 4 nitrogen and oxygen atoms in total. The normalized spacial score (nSPS) is 11.2. The van der Waals surface area contributed by atoms with Crippen LogP contribution in [0.5, 0.6) is 5.75 Å². The smallest absolute Gasteiger partial charge is 0.133 e. The largest absolute Gasteiger partial charge is 0.860 e. The molecule has 228 valence electrons. The summed E-state index contributed by atoms with van der Waals surface area (Å²) in [5.74, 6) is 0.325. The first kappa shape index (κ1) is 33.0. The van der Waals surface area contributed by atoms with Crippen molar-refractivity contribution in [1.82, 2.24) is 0 Å². The first-order valence-electron chi connectivity index (χ1n) is 15.8. The lowest BCUT2D eigenvalue weighted by Crippen LogP contribution is -2.50. The molecule has 0 fully saturated rings. The van der Waals surface area contributed by atoms with Crippen molar-refractivity contribution in [2.75, 3.05) is 26.2 Å². The van der Waals surface area contributed by atoms with Crippen LogP contribution in [0.4, 0.5) is 0 Å². The highest BCUT2D eigenvalue weighted by molar-refractivity contribution is 6.31. The Morgan fingerprint density at radius 2 is 0.864 bits per heavy atom. The van der Waals surface area contributed by atoms with Crippen LogP contribution in [0, 0.1) is 20.8 Å². The summed E-state index contributed by atoms with van der Waals surface area (Å²) in [7, 11) is -2.45. The van der Waals surface area contributed by atoms with Crippen LogP contribution >= 0.6 is 0 Å². The van der Waals surface area contributed by atoms with Crippen LogP contribution in [0.25, 0.3) is 44.2 Å². The van der Waals surface area contributed by atoms with E-state index in [1.807, 2.05) is 55.5 Å². The minimum absolute atomic E-state index is 0.325. The standard InChI is InChI=1S/C31H25BO3.C8H20N/c1-20-8-14-23(15-9-20)28-26-6-4-5-7-27(26)31(35-32(33)34)30(25-18-12-22(3)13-19-25)29(28)24-16-10-21(2)11-17-24;1-5-9(6-2,7-3)8-4/h4-19H,1-3H3;5-8H2,1-4H3/q-2;+1. The van der Waals surface area contributed by atoms with Crippen molar-refractivity contribution in [3.05, 3.63) is 114 Å². The minimum Gasteiger partial charge on any atom is -0.860 e. The molecule has 0 aromatic heterocycles. The Hall–Kier alpha value is -3.90. The van der Waals surface area contributed by atoms with Gasteiger partial charge in [0.05, 0.1) is 26.2 Å². The van der Waals surface area contributed by atoms with E-state index in [4.69, 9.17) is 4.65 Å². The Morgan fingerprint density at radius 3 is 1.23 bits per heavy atom. The van der Waals surface area contributed by atoms with Gasteiger partial charge in [-0.15, -0.1) is 0 Å². The molecule has 0 aliphatic heterocycles. The molecule has 0 radical (unpaired) electrons. The van der Waals surface area contributed by atoms with Gasteiger partial charge in [0.25, 0.3) is 0 Å². The molecule has 0 atom stereocenters. The zero-order valence-electron chi connectivity index (χ0n) is 27.3. The second-order valence-corrected chi connectivity index (χ2v) is 11.6. The highest BCUT2D eigenvalue weighted by Gasteiger charge is 2.23. The maximum Gasteiger partial charge on any atom is 0.133 e. The lowest BCUT2D eigenvalue weighted by atomic mass is 9.82. The third-order valence-electron chi connectivity index (χ3n) is 9.09. The molecule has 0 heterocycles. The van der Waals surface area contributed by atoms with Crippen LogP contribution in [-0.2, 0) is 0 Å². The maximum absolute atomic E-state index is 11.9. The molecule has 5 aromatic carbocycles. The highest BCUT2D eigenvalue weighted by Crippen LogP contribution is 2.50. The second-order valence-electron chi connectivity index (χ2n) is 11.6. The fraction of sp³-hybridized carbons (Fsp3) is 0.282. The molecular weight excluding hydrogens is 541 g/mol. The molecule has 0 bridgehead atoms. The number of rotatable bonds is 9. The summed E-state index contributed by atoms with van der Waals surface area (Å²) in [6.45, 7) is 20.4. The van der Waals surface area contributed by atoms with E-state index in [0.29, 0.717) is 5.75 Å². The lowest BCUT2D eigenvalue weighted by molar-refractivity contribution is -0.921. The van der Waals surface area contributed by atoms with Crippen molar-refractivity contribution >= 4 is 18.1 Å². The number of fused-ring (bicyclic) bond motifs is 1. The van der Waals surface area contributed by atoms with E-state index in [9.17, 15) is 10.0 Å². The molecule has 0 spiro atoms. The van der Waals surface area contributed by atoms with Gasteiger partial charge in [0, 0.05) is 16.5 Å². The van der Waals surface area contributed by atoms with Crippen molar-refractivity contribution < 1.29 is 19.2 Å². The van der Waals surface area contributed by atoms with Crippen molar-refractivity contribution in [3.8, 4) is 39.1 Å². The molecule has 0 N–H and O–H groups in total. The predicted octanol–water partition coefficient (Wildman–Crippen LogP) is 7.73. The lowest BCUT2D eigenvalue weighted by Gasteiger charge is -2.34. The maximum atomic E-state index is 11.9. The zero-order chi connectivity index (χ0) is 31.9. The van der Waals surface area contributed by atoms with Crippen molar-refractivity contribution in [3.63, 3.8) is 0 Å². The zero-order valence-corrected chi connectivity index (χ0v) is 27.3. The van der Waals surface area contributed by atoms with Crippen molar-refractivity contribution in [2.24, 2.45) is 0 Å². The van der Waals surface area contributed by atoms with Crippen LogP contribution in [0.15, 0.2) is 97.1 Å². The van der Waals surface area contributed by atoms with E-state index < -0.39 is 7.32 Å². The summed E-state index contributed by atoms with van der Waals surface area (Å²) in [4.78, 5) is 0. The van der Waals surface area contributed by atoms with Gasteiger partial charge in [-0.2, -0.15) is 0 Å². The molecule has 0 saturated heterocycles.